The van der Waals surface area contributed by atoms with E-state index >= 15 is 0 Å². The molecular formula is C21H17N5S2. The lowest BCUT2D eigenvalue weighted by molar-refractivity contribution is 0.789. The van der Waals surface area contributed by atoms with Crippen molar-refractivity contribution in [3.63, 3.8) is 0 Å². The molecule has 0 saturated carbocycles. The van der Waals surface area contributed by atoms with Gasteiger partial charge in [-0.1, -0.05) is 60.3 Å². The van der Waals surface area contributed by atoms with Crippen LogP contribution in [0, 0.1) is 0 Å². The summed E-state index contributed by atoms with van der Waals surface area (Å²) in [4.78, 5) is 9.53. The predicted octanol–water partition coefficient (Wildman–Crippen LogP) is 5.42. The zero-order chi connectivity index (χ0) is 18.9. The standard InChI is InChI=1S/C21H17N5S2/c1-2-26-17-11-7-6-10-16(17)18-19(26)23-21(25-24-18)28-13-15-12-27-20(22-15)14-8-4-3-5-9-14/h3-12H,2,13H2,1H3. The van der Waals surface area contributed by atoms with E-state index in [2.05, 4.69) is 51.3 Å². The fourth-order valence-electron chi connectivity index (χ4n) is 3.30. The molecule has 0 aliphatic heterocycles. The number of benzene rings is 2. The van der Waals surface area contributed by atoms with Gasteiger partial charge in [-0.3, -0.25) is 0 Å². The Bertz CT molecular complexity index is 1260. The highest BCUT2D eigenvalue weighted by molar-refractivity contribution is 7.98. The van der Waals surface area contributed by atoms with Crippen LogP contribution in [0.2, 0.25) is 0 Å². The molecule has 0 unspecified atom stereocenters. The van der Waals surface area contributed by atoms with Crippen LogP contribution in [0.1, 0.15) is 12.6 Å². The summed E-state index contributed by atoms with van der Waals surface area (Å²) in [6, 6.07) is 18.5. The summed E-state index contributed by atoms with van der Waals surface area (Å²) in [7, 11) is 0. The molecule has 5 aromatic rings. The van der Waals surface area contributed by atoms with E-state index in [0.717, 1.165) is 50.6 Å². The molecule has 3 aromatic heterocycles. The molecule has 0 atom stereocenters. The Balaban J connectivity index is 1.42. The number of nitrogens with zero attached hydrogens (tertiary/aromatic N) is 5. The van der Waals surface area contributed by atoms with E-state index in [-0.39, 0.29) is 0 Å². The largest absolute Gasteiger partial charge is 0.324 e. The molecule has 0 amide bonds. The highest BCUT2D eigenvalue weighted by Gasteiger charge is 2.14. The number of para-hydroxylation sites is 1. The molecule has 0 saturated heterocycles. The molecule has 5 rings (SSSR count). The van der Waals surface area contributed by atoms with E-state index in [1.165, 1.54) is 0 Å². The topological polar surface area (TPSA) is 56.5 Å². The predicted molar refractivity (Wildman–Crippen MR) is 116 cm³/mol. The summed E-state index contributed by atoms with van der Waals surface area (Å²) >= 11 is 3.24. The Morgan fingerprint density at radius 1 is 0.964 bits per heavy atom. The Labute approximate surface area is 170 Å². The highest BCUT2D eigenvalue weighted by Crippen LogP contribution is 2.29. The van der Waals surface area contributed by atoms with Crippen LogP contribution in [0.15, 0.2) is 65.1 Å². The van der Waals surface area contributed by atoms with E-state index in [1.54, 1.807) is 23.1 Å². The number of rotatable bonds is 5. The SMILES string of the molecule is CCn1c2ccccc2c2nnc(SCc3csc(-c4ccccc4)n3)nc21. The maximum Gasteiger partial charge on any atom is 0.211 e. The lowest BCUT2D eigenvalue weighted by Gasteiger charge is -2.02. The molecule has 0 spiro atoms. The van der Waals surface area contributed by atoms with Crippen LogP contribution < -0.4 is 0 Å². The van der Waals surface area contributed by atoms with Crippen LogP contribution >= 0.6 is 23.1 Å². The van der Waals surface area contributed by atoms with Gasteiger partial charge >= 0.3 is 0 Å². The van der Waals surface area contributed by atoms with Crippen LogP contribution in [0.4, 0.5) is 0 Å². The third-order valence-electron chi connectivity index (χ3n) is 4.59. The summed E-state index contributed by atoms with van der Waals surface area (Å²) < 4.78 is 2.19. The van der Waals surface area contributed by atoms with Gasteiger partial charge in [0.2, 0.25) is 5.16 Å². The number of aryl methyl sites for hydroxylation is 1. The zero-order valence-corrected chi connectivity index (χ0v) is 16.9. The second-order valence-corrected chi connectivity index (χ2v) is 8.13. The van der Waals surface area contributed by atoms with E-state index in [9.17, 15) is 0 Å². The van der Waals surface area contributed by atoms with Gasteiger partial charge in [-0.05, 0) is 13.0 Å². The number of thioether (sulfide) groups is 1. The third-order valence-corrected chi connectivity index (χ3v) is 6.40. The van der Waals surface area contributed by atoms with Crippen molar-refractivity contribution < 1.29 is 0 Å². The van der Waals surface area contributed by atoms with Crippen molar-refractivity contribution >= 4 is 45.2 Å². The fraction of sp³-hybridized carbons (Fsp3) is 0.143. The first kappa shape index (κ1) is 17.3. The molecule has 0 aliphatic carbocycles. The van der Waals surface area contributed by atoms with Crippen molar-refractivity contribution in [1.82, 2.24) is 24.7 Å². The van der Waals surface area contributed by atoms with Gasteiger partial charge in [0.25, 0.3) is 0 Å². The first-order chi connectivity index (χ1) is 13.8. The molecular weight excluding hydrogens is 386 g/mol. The molecule has 0 bridgehead atoms. The van der Waals surface area contributed by atoms with Gasteiger partial charge in [0.05, 0.1) is 11.2 Å². The van der Waals surface area contributed by atoms with Crippen LogP contribution in [-0.2, 0) is 12.3 Å². The molecule has 5 nitrogen and oxygen atoms in total. The van der Waals surface area contributed by atoms with Crippen molar-refractivity contribution in [2.24, 2.45) is 0 Å². The molecule has 3 heterocycles. The average molecular weight is 404 g/mol. The second-order valence-electron chi connectivity index (χ2n) is 6.33. The Morgan fingerprint density at radius 3 is 2.64 bits per heavy atom. The van der Waals surface area contributed by atoms with Crippen LogP contribution in [0.3, 0.4) is 0 Å². The normalized spacial score (nSPS) is 11.5. The molecule has 2 aromatic carbocycles. The summed E-state index contributed by atoms with van der Waals surface area (Å²) in [6.07, 6.45) is 0. The monoisotopic (exact) mass is 403 g/mol. The third kappa shape index (κ3) is 3.06. The van der Waals surface area contributed by atoms with E-state index in [0.29, 0.717) is 5.16 Å². The van der Waals surface area contributed by atoms with Crippen molar-refractivity contribution in [3.8, 4) is 10.6 Å². The minimum absolute atomic E-state index is 0.680. The molecule has 138 valence electrons. The van der Waals surface area contributed by atoms with Crippen molar-refractivity contribution in [3.05, 3.63) is 65.7 Å². The summed E-state index contributed by atoms with van der Waals surface area (Å²) in [5.41, 5.74) is 5.09. The highest BCUT2D eigenvalue weighted by atomic mass is 32.2. The summed E-state index contributed by atoms with van der Waals surface area (Å²) in [6.45, 7) is 2.97. The molecule has 0 aliphatic rings. The van der Waals surface area contributed by atoms with Crippen LogP contribution in [0.25, 0.3) is 32.6 Å². The molecule has 0 N–H and O–H groups in total. The van der Waals surface area contributed by atoms with Gasteiger partial charge < -0.3 is 4.57 Å². The summed E-state index contributed by atoms with van der Waals surface area (Å²) in [5, 5.41) is 13.7. The van der Waals surface area contributed by atoms with Gasteiger partial charge in [0.15, 0.2) is 5.65 Å². The maximum atomic E-state index is 4.79. The number of hydrogen-bond acceptors (Lipinski definition) is 6. The number of aromatic nitrogens is 5. The van der Waals surface area contributed by atoms with E-state index in [4.69, 9.17) is 9.97 Å². The number of fused-ring (bicyclic) bond motifs is 3. The lowest BCUT2D eigenvalue weighted by Crippen LogP contribution is -1.98. The van der Waals surface area contributed by atoms with Gasteiger partial charge in [0.1, 0.15) is 10.5 Å². The Morgan fingerprint density at radius 2 is 1.79 bits per heavy atom. The Kier molecular flexibility index (Phi) is 4.54. The van der Waals surface area contributed by atoms with Crippen molar-refractivity contribution in [1.29, 1.82) is 0 Å². The van der Waals surface area contributed by atoms with E-state index in [1.807, 2.05) is 30.3 Å². The minimum atomic E-state index is 0.680. The van der Waals surface area contributed by atoms with Gasteiger partial charge in [-0.25, -0.2) is 9.97 Å². The molecule has 7 heteroatoms. The van der Waals surface area contributed by atoms with E-state index < -0.39 is 0 Å². The second kappa shape index (κ2) is 7.33. The maximum absolute atomic E-state index is 4.79. The first-order valence-electron chi connectivity index (χ1n) is 9.08. The number of hydrogen-bond donors (Lipinski definition) is 0. The lowest BCUT2D eigenvalue weighted by atomic mass is 10.2. The first-order valence-corrected chi connectivity index (χ1v) is 10.9. The van der Waals surface area contributed by atoms with Gasteiger partial charge in [-0.2, -0.15) is 0 Å². The molecule has 0 radical (unpaired) electrons. The molecule has 28 heavy (non-hydrogen) atoms. The van der Waals surface area contributed by atoms with Gasteiger partial charge in [0, 0.05) is 28.6 Å². The van der Waals surface area contributed by atoms with Gasteiger partial charge in [-0.15, -0.1) is 21.5 Å². The minimum Gasteiger partial charge on any atom is -0.324 e. The Hall–Kier alpha value is -2.77. The van der Waals surface area contributed by atoms with Crippen LogP contribution in [0.5, 0.6) is 0 Å². The number of thiazole rings is 1. The van der Waals surface area contributed by atoms with Crippen molar-refractivity contribution in [2.45, 2.75) is 24.4 Å². The fourth-order valence-corrected chi connectivity index (χ4v) is 4.90. The summed E-state index contributed by atoms with van der Waals surface area (Å²) in [5.74, 6) is 0.725. The van der Waals surface area contributed by atoms with Crippen molar-refractivity contribution in [2.75, 3.05) is 0 Å². The zero-order valence-electron chi connectivity index (χ0n) is 15.2. The van der Waals surface area contributed by atoms with Crippen LogP contribution in [-0.4, -0.2) is 24.7 Å². The quantitative estimate of drug-likeness (QED) is 0.367. The smallest absolute Gasteiger partial charge is 0.211 e. The average Bonchev–Trinajstić information content (AvgIpc) is 3.35. The molecule has 0 fully saturated rings.